The number of rotatable bonds is 3. The second-order valence-corrected chi connectivity index (χ2v) is 5.76. The number of anilines is 1. The van der Waals surface area contributed by atoms with Gasteiger partial charge in [0.05, 0.1) is 11.9 Å². The molecule has 3 heterocycles. The van der Waals surface area contributed by atoms with E-state index in [1.165, 1.54) is 11.3 Å². The number of nitrogens with one attached hydrogen (secondary N) is 1. The zero-order valence-electron chi connectivity index (χ0n) is 11.8. The Morgan fingerprint density at radius 1 is 1.52 bits per heavy atom. The molecule has 0 aliphatic carbocycles. The number of pyridine rings is 1. The minimum Gasteiger partial charge on any atom is -0.397 e. The first kappa shape index (κ1) is 13.6. The van der Waals surface area contributed by atoms with Gasteiger partial charge in [0.1, 0.15) is 9.71 Å². The lowest BCUT2D eigenvalue weighted by atomic mass is 10.2. The van der Waals surface area contributed by atoms with Crippen LogP contribution in [0.1, 0.15) is 20.9 Å². The highest BCUT2D eigenvalue weighted by Gasteiger charge is 2.17. The predicted molar refractivity (Wildman–Crippen MR) is 83.1 cm³/mol. The minimum absolute atomic E-state index is 0.182. The summed E-state index contributed by atoms with van der Waals surface area (Å²) in [6, 6.07) is 3.68. The van der Waals surface area contributed by atoms with Crippen LogP contribution in [0.15, 0.2) is 24.5 Å². The lowest BCUT2D eigenvalue weighted by Gasteiger charge is -2.04. The molecule has 0 spiro atoms. The van der Waals surface area contributed by atoms with Gasteiger partial charge in [-0.3, -0.25) is 9.48 Å². The lowest BCUT2D eigenvalue weighted by molar-refractivity contribution is 0.0956. The first-order valence-corrected chi connectivity index (χ1v) is 7.28. The minimum atomic E-state index is -0.182. The Morgan fingerprint density at radius 3 is 3.00 bits per heavy atom. The van der Waals surface area contributed by atoms with E-state index in [2.05, 4.69) is 15.4 Å². The van der Waals surface area contributed by atoms with Crippen molar-refractivity contribution in [3.63, 3.8) is 0 Å². The summed E-state index contributed by atoms with van der Waals surface area (Å²) in [6.45, 7) is 2.39. The number of aryl methyl sites for hydroxylation is 1. The molecule has 6 nitrogen and oxygen atoms in total. The number of aromatic nitrogens is 3. The van der Waals surface area contributed by atoms with E-state index in [1.54, 1.807) is 17.1 Å². The van der Waals surface area contributed by atoms with E-state index in [0.717, 1.165) is 21.5 Å². The van der Waals surface area contributed by atoms with E-state index in [0.29, 0.717) is 17.1 Å². The van der Waals surface area contributed by atoms with Gasteiger partial charge in [0.25, 0.3) is 5.91 Å². The molecule has 0 saturated heterocycles. The molecule has 3 N–H and O–H groups in total. The number of thiophene rings is 1. The molecule has 0 aromatic carbocycles. The van der Waals surface area contributed by atoms with Gasteiger partial charge in [-0.1, -0.05) is 0 Å². The number of carbonyl (C=O) groups excluding carboxylic acids is 1. The highest BCUT2D eigenvalue weighted by molar-refractivity contribution is 7.21. The summed E-state index contributed by atoms with van der Waals surface area (Å²) in [5.41, 5.74) is 8.54. The van der Waals surface area contributed by atoms with Crippen molar-refractivity contribution in [2.75, 3.05) is 5.73 Å². The van der Waals surface area contributed by atoms with Crippen molar-refractivity contribution in [1.82, 2.24) is 20.1 Å². The maximum Gasteiger partial charge on any atom is 0.263 e. The Labute approximate surface area is 125 Å². The van der Waals surface area contributed by atoms with Crippen molar-refractivity contribution >= 4 is 33.1 Å². The van der Waals surface area contributed by atoms with Crippen LogP contribution in [0, 0.1) is 6.92 Å². The highest BCUT2D eigenvalue weighted by atomic mass is 32.1. The molecule has 21 heavy (non-hydrogen) atoms. The fraction of sp³-hybridized carbons (Fsp3) is 0.214. The van der Waals surface area contributed by atoms with Gasteiger partial charge in [-0.25, -0.2) is 4.98 Å². The third-order valence-electron chi connectivity index (χ3n) is 3.49. The average Bonchev–Trinajstić information content (AvgIpc) is 2.99. The molecule has 3 rings (SSSR count). The van der Waals surface area contributed by atoms with Crippen molar-refractivity contribution in [1.29, 1.82) is 0 Å². The molecule has 1 amide bonds. The lowest BCUT2D eigenvalue weighted by Crippen LogP contribution is -2.22. The third kappa shape index (κ3) is 2.36. The number of carbonyl (C=O) groups is 1. The number of nitrogens with two attached hydrogens (primary N) is 1. The summed E-state index contributed by atoms with van der Waals surface area (Å²) in [5, 5.41) is 7.86. The van der Waals surface area contributed by atoms with Gasteiger partial charge in [-0.2, -0.15) is 5.10 Å². The van der Waals surface area contributed by atoms with Crippen molar-refractivity contribution in [3.8, 4) is 0 Å². The Balaban J connectivity index is 1.81. The predicted octanol–water partition coefficient (Wildman–Crippen LogP) is 1.85. The van der Waals surface area contributed by atoms with Crippen molar-refractivity contribution in [2.24, 2.45) is 7.05 Å². The molecule has 0 atom stereocenters. The molecular weight excluding hydrogens is 286 g/mol. The van der Waals surface area contributed by atoms with Gasteiger partial charge in [0, 0.05) is 36.4 Å². The van der Waals surface area contributed by atoms with Crippen molar-refractivity contribution < 1.29 is 4.79 Å². The molecule has 3 aromatic rings. The summed E-state index contributed by atoms with van der Waals surface area (Å²) in [5.74, 6) is -0.182. The van der Waals surface area contributed by atoms with E-state index in [4.69, 9.17) is 5.73 Å². The van der Waals surface area contributed by atoms with E-state index in [1.807, 2.05) is 26.1 Å². The molecule has 0 aliphatic rings. The van der Waals surface area contributed by atoms with Gasteiger partial charge >= 0.3 is 0 Å². The third-order valence-corrected chi connectivity index (χ3v) is 4.62. The molecule has 0 unspecified atom stereocenters. The highest BCUT2D eigenvalue weighted by Crippen LogP contribution is 2.31. The monoisotopic (exact) mass is 301 g/mol. The van der Waals surface area contributed by atoms with Crippen LogP contribution in [0.5, 0.6) is 0 Å². The number of nitrogen functional groups attached to an aromatic ring is 1. The van der Waals surface area contributed by atoms with Crippen molar-refractivity contribution in [2.45, 2.75) is 13.5 Å². The van der Waals surface area contributed by atoms with Crippen LogP contribution in [0.25, 0.3) is 10.2 Å². The second kappa shape index (κ2) is 5.17. The maximum atomic E-state index is 12.3. The maximum absolute atomic E-state index is 12.3. The Morgan fingerprint density at radius 2 is 2.33 bits per heavy atom. The molecule has 0 fully saturated rings. The number of nitrogens with zero attached hydrogens (tertiary/aromatic N) is 3. The van der Waals surface area contributed by atoms with Crippen molar-refractivity contribution in [3.05, 3.63) is 40.7 Å². The van der Waals surface area contributed by atoms with Crippen LogP contribution >= 0.6 is 11.3 Å². The first-order valence-electron chi connectivity index (χ1n) is 6.46. The standard InChI is InChI=1S/C14H15N5OS/c1-8-9(7-18-19(8)2)6-17-13(20)12-11(15)10-4-3-5-16-14(10)21-12/h3-5,7H,6,15H2,1-2H3,(H,17,20). The SMILES string of the molecule is Cc1c(CNC(=O)c2sc3ncccc3c2N)cnn1C. The normalized spacial score (nSPS) is 11.0. The zero-order valence-corrected chi connectivity index (χ0v) is 12.6. The van der Waals surface area contributed by atoms with Crippen LogP contribution in [0.2, 0.25) is 0 Å². The molecule has 0 aliphatic heterocycles. The van der Waals surface area contributed by atoms with Gasteiger partial charge in [-0.05, 0) is 19.1 Å². The van der Waals surface area contributed by atoms with E-state index < -0.39 is 0 Å². The quantitative estimate of drug-likeness (QED) is 0.773. The molecule has 3 aromatic heterocycles. The summed E-state index contributed by atoms with van der Waals surface area (Å²) < 4.78 is 1.78. The Hall–Kier alpha value is -2.41. The smallest absolute Gasteiger partial charge is 0.263 e. The van der Waals surface area contributed by atoms with Crippen LogP contribution in [0.3, 0.4) is 0 Å². The van der Waals surface area contributed by atoms with E-state index in [-0.39, 0.29) is 5.91 Å². The van der Waals surface area contributed by atoms with Gasteiger partial charge in [0.2, 0.25) is 0 Å². The summed E-state index contributed by atoms with van der Waals surface area (Å²) >= 11 is 1.31. The number of amides is 1. The topological polar surface area (TPSA) is 85.8 Å². The fourth-order valence-corrected chi connectivity index (χ4v) is 3.07. The van der Waals surface area contributed by atoms with Crippen LogP contribution in [-0.2, 0) is 13.6 Å². The summed E-state index contributed by atoms with van der Waals surface area (Å²) in [6.07, 6.45) is 3.45. The second-order valence-electron chi connectivity index (χ2n) is 4.76. The van der Waals surface area contributed by atoms with Gasteiger partial charge in [0.15, 0.2) is 0 Å². The average molecular weight is 301 g/mol. The van der Waals surface area contributed by atoms with E-state index in [9.17, 15) is 4.79 Å². The number of hydrogen-bond acceptors (Lipinski definition) is 5. The first-order chi connectivity index (χ1) is 10.1. The molecule has 0 saturated carbocycles. The number of hydrogen-bond donors (Lipinski definition) is 2. The largest absolute Gasteiger partial charge is 0.397 e. The number of fused-ring (bicyclic) bond motifs is 1. The molecule has 108 valence electrons. The summed E-state index contributed by atoms with van der Waals surface area (Å²) in [7, 11) is 1.87. The Bertz CT molecular complexity index is 820. The fourth-order valence-electron chi connectivity index (χ4n) is 2.09. The van der Waals surface area contributed by atoms with Crippen LogP contribution < -0.4 is 11.1 Å². The van der Waals surface area contributed by atoms with E-state index >= 15 is 0 Å². The zero-order chi connectivity index (χ0) is 15.0. The molecular formula is C14H15N5OS. The van der Waals surface area contributed by atoms with Gasteiger partial charge in [-0.15, -0.1) is 11.3 Å². The molecule has 7 heteroatoms. The van der Waals surface area contributed by atoms with Gasteiger partial charge < -0.3 is 11.1 Å². The van der Waals surface area contributed by atoms with Crippen LogP contribution in [-0.4, -0.2) is 20.7 Å². The summed E-state index contributed by atoms with van der Waals surface area (Å²) in [4.78, 5) is 17.8. The Kier molecular flexibility index (Phi) is 3.34. The van der Waals surface area contributed by atoms with Crippen LogP contribution in [0.4, 0.5) is 5.69 Å². The molecule has 0 radical (unpaired) electrons. The molecule has 0 bridgehead atoms.